The van der Waals surface area contributed by atoms with Gasteiger partial charge in [0, 0.05) is 36.9 Å². The molecular formula is C50H56N7O15P. The maximum Gasteiger partial charge on any atom is 0.330 e. The van der Waals surface area contributed by atoms with Gasteiger partial charge in [0.1, 0.15) is 53.7 Å². The number of nitrogens with zero attached hydrogens (tertiary/aromatic N) is 4. The second-order valence-electron chi connectivity index (χ2n) is 17.8. The number of Topliss-reactive ketones (excluding diaryl/α,β-unsaturated/α-hetero) is 1. The highest BCUT2D eigenvalue weighted by molar-refractivity contribution is 7.40. The number of benzene rings is 3. The first kappa shape index (κ1) is 52.4. The Hall–Kier alpha value is -6.91. The summed E-state index contributed by atoms with van der Waals surface area (Å²) < 4.78 is 51.9. The van der Waals surface area contributed by atoms with Crippen LogP contribution < -0.4 is 31.6 Å². The summed E-state index contributed by atoms with van der Waals surface area (Å²) in [7, 11) is 0.371. The normalized spacial score (nSPS) is 20.3. The van der Waals surface area contributed by atoms with Crippen molar-refractivity contribution in [2.24, 2.45) is 5.92 Å². The maximum absolute atomic E-state index is 13.3. The molecule has 2 aliphatic rings. The van der Waals surface area contributed by atoms with Crippen molar-refractivity contribution >= 4 is 43.4 Å². The third-order valence-corrected chi connectivity index (χ3v) is 13.3. The minimum absolute atomic E-state index is 0.0242. The highest BCUT2D eigenvalue weighted by Crippen LogP contribution is 2.46. The van der Waals surface area contributed by atoms with Gasteiger partial charge >= 0.3 is 20.3 Å². The van der Waals surface area contributed by atoms with Gasteiger partial charge in [-0.2, -0.15) is 4.98 Å². The second kappa shape index (κ2) is 22.9. The molecule has 23 heteroatoms. The van der Waals surface area contributed by atoms with E-state index in [1.165, 1.54) is 35.5 Å². The molecule has 0 bridgehead atoms. The topological polar surface area (TPSA) is 276 Å². The molecule has 2 fully saturated rings. The number of ether oxygens (including phenoxy) is 6. The molecule has 0 spiro atoms. The standard InChI is InChI=1S/C50H56N7O15P/c1-28(2)45(60)53-48-52-44-43(47(62)54-48)51-27-57(44)41-23-37(72-73(64)68-26-39-36(71-42(59)21-12-30(4)58)22-40(70-39)56-24-29(3)46(61)55-49(56)63)38(69-41)25-67-50(31-10-8-7-9-11-31,32-13-17-34(65-5)18-14-32)33-15-19-35(66-6)20-16-33/h7-11,13-20,24,27-28,36-41,64H,12,21-23,25-26H2,1-6H3,(H,55,61,63)(H2,52,53,54,60,62)/t36-,37-,38+,39+,40+,41+,73?/m0/s1. The molecule has 2 saturated heterocycles. The molecule has 1 amide bonds. The Morgan fingerprint density at radius 1 is 0.822 bits per heavy atom. The van der Waals surface area contributed by atoms with Crippen molar-refractivity contribution in [2.75, 3.05) is 32.8 Å². The van der Waals surface area contributed by atoms with Crippen LogP contribution in [0.25, 0.3) is 11.2 Å². The van der Waals surface area contributed by atoms with Crippen LogP contribution in [0.2, 0.25) is 0 Å². The molecule has 22 nitrogen and oxygen atoms in total. The third-order valence-electron chi connectivity index (χ3n) is 12.5. The number of amides is 1. The molecule has 2 aliphatic heterocycles. The first-order chi connectivity index (χ1) is 35.1. The molecule has 0 saturated carbocycles. The SMILES string of the molecule is COc1ccc(C(OC[C@H]2O[C@@H](n3cnc4c(=O)[nH]c(NC(=O)C(C)C)nc43)C[C@@H]2OP(O)OC[C@H]2O[C@@H](n3cc(C)c(=O)[nH]c3=O)C[C@@H]2OC(=O)CCC(C)=O)(c2ccccc2)c2ccc(OC)cc2)cc1. The number of esters is 1. The Morgan fingerprint density at radius 3 is 2.04 bits per heavy atom. The van der Waals surface area contributed by atoms with Crippen molar-refractivity contribution in [3.05, 3.63) is 145 Å². The summed E-state index contributed by atoms with van der Waals surface area (Å²) in [5.74, 6) is -0.543. The molecule has 3 aromatic heterocycles. The lowest BCUT2D eigenvalue weighted by Gasteiger charge is -2.37. The van der Waals surface area contributed by atoms with E-state index >= 15 is 0 Å². The summed E-state index contributed by atoms with van der Waals surface area (Å²) in [5.41, 5.74) is -0.700. The highest BCUT2D eigenvalue weighted by atomic mass is 31.2. The summed E-state index contributed by atoms with van der Waals surface area (Å²) in [6, 6.07) is 24.5. The van der Waals surface area contributed by atoms with Crippen LogP contribution in [-0.2, 0) is 48.0 Å². The number of aromatic nitrogens is 6. The number of imidazole rings is 1. The fraction of sp³-hybridized carbons (Fsp3) is 0.400. The summed E-state index contributed by atoms with van der Waals surface area (Å²) in [4.78, 5) is 101. The number of hydrogen-bond acceptors (Lipinski definition) is 17. The van der Waals surface area contributed by atoms with Gasteiger partial charge in [-0.1, -0.05) is 68.4 Å². The quantitative estimate of drug-likeness (QED) is 0.0416. The third kappa shape index (κ3) is 11.8. The highest BCUT2D eigenvalue weighted by Gasteiger charge is 2.45. The first-order valence-electron chi connectivity index (χ1n) is 23.4. The minimum Gasteiger partial charge on any atom is -0.497 e. The number of aromatic amines is 2. The minimum atomic E-state index is -2.78. The van der Waals surface area contributed by atoms with Crippen molar-refractivity contribution in [3.8, 4) is 11.5 Å². The van der Waals surface area contributed by atoms with E-state index in [9.17, 15) is 33.7 Å². The molecule has 6 aromatic rings. The van der Waals surface area contributed by atoms with Crippen molar-refractivity contribution in [1.82, 2.24) is 29.1 Å². The number of fused-ring (bicyclic) bond motifs is 1. The van der Waals surface area contributed by atoms with E-state index in [0.717, 1.165) is 16.7 Å². The van der Waals surface area contributed by atoms with Crippen LogP contribution in [0.5, 0.6) is 11.5 Å². The van der Waals surface area contributed by atoms with Crippen LogP contribution in [0, 0.1) is 12.8 Å². The van der Waals surface area contributed by atoms with Crippen molar-refractivity contribution < 1.29 is 56.7 Å². The van der Waals surface area contributed by atoms with Crippen LogP contribution in [0.4, 0.5) is 5.95 Å². The maximum atomic E-state index is 13.3. The Kier molecular flexibility index (Phi) is 16.4. The lowest BCUT2D eigenvalue weighted by atomic mass is 9.80. The van der Waals surface area contributed by atoms with Crippen LogP contribution in [-0.4, -0.2) is 103 Å². The molecule has 73 heavy (non-hydrogen) atoms. The largest absolute Gasteiger partial charge is 0.497 e. The molecule has 5 heterocycles. The summed E-state index contributed by atoms with van der Waals surface area (Å²) >= 11 is 0. The predicted molar refractivity (Wildman–Crippen MR) is 263 cm³/mol. The van der Waals surface area contributed by atoms with Crippen LogP contribution in [0.1, 0.15) is 81.2 Å². The number of carbonyl (C=O) groups is 3. The smallest absolute Gasteiger partial charge is 0.330 e. The van der Waals surface area contributed by atoms with Crippen LogP contribution in [0.3, 0.4) is 0 Å². The number of anilines is 1. The van der Waals surface area contributed by atoms with E-state index in [1.807, 2.05) is 78.9 Å². The molecule has 0 radical (unpaired) electrons. The van der Waals surface area contributed by atoms with E-state index in [2.05, 4.69) is 25.3 Å². The monoisotopic (exact) mass is 1030 g/mol. The number of ketones is 1. The number of nitrogens with one attached hydrogen (secondary N) is 3. The Balaban J connectivity index is 1.11. The Labute approximate surface area is 418 Å². The van der Waals surface area contributed by atoms with E-state index in [4.69, 9.17) is 37.5 Å². The van der Waals surface area contributed by atoms with Gasteiger partial charge in [0.25, 0.3) is 11.1 Å². The summed E-state index contributed by atoms with van der Waals surface area (Å²) in [5, 5.41) is 2.63. The average Bonchev–Trinajstić information content (AvgIpc) is 4.11. The van der Waals surface area contributed by atoms with Crippen molar-refractivity contribution in [1.29, 1.82) is 0 Å². The molecule has 1 unspecified atom stereocenters. The first-order valence-corrected chi connectivity index (χ1v) is 24.6. The van der Waals surface area contributed by atoms with Gasteiger partial charge in [-0.3, -0.25) is 43.6 Å². The average molecular weight is 1030 g/mol. The lowest BCUT2D eigenvalue weighted by molar-refractivity contribution is -0.153. The van der Waals surface area contributed by atoms with Gasteiger partial charge < -0.3 is 47.2 Å². The van der Waals surface area contributed by atoms with Gasteiger partial charge in [0.05, 0.1) is 46.3 Å². The summed E-state index contributed by atoms with van der Waals surface area (Å²) in [6.45, 7) is 5.69. The van der Waals surface area contributed by atoms with Gasteiger partial charge in [-0.15, -0.1) is 0 Å². The molecule has 4 N–H and O–H groups in total. The van der Waals surface area contributed by atoms with E-state index in [-0.39, 0.29) is 66.7 Å². The zero-order valence-electron chi connectivity index (χ0n) is 40.8. The Morgan fingerprint density at radius 2 is 1.42 bits per heavy atom. The fourth-order valence-electron chi connectivity index (χ4n) is 8.61. The molecule has 386 valence electrons. The molecule has 0 aliphatic carbocycles. The van der Waals surface area contributed by atoms with Crippen molar-refractivity contribution in [3.63, 3.8) is 0 Å². The number of methoxy groups -OCH3 is 2. The second-order valence-corrected chi connectivity index (χ2v) is 18.8. The fourth-order valence-corrected chi connectivity index (χ4v) is 9.39. The van der Waals surface area contributed by atoms with Crippen molar-refractivity contribution in [2.45, 2.75) is 95.9 Å². The molecule has 7 atom stereocenters. The van der Waals surface area contributed by atoms with Crippen LogP contribution >= 0.6 is 8.60 Å². The molecule has 3 aromatic carbocycles. The van der Waals surface area contributed by atoms with E-state index < -0.39 is 86.4 Å². The van der Waals surface area contributed by atoms with Gasteiger partial charge in [0.2, 0.25) is 11.9 Å². The van der Waals surface area contributed by atoms with Gasteiger partial charge in [-0.05, 0) is 54.8 Å². The van der Waals surface area contributed by atoms with Crippen LogP contribution in [0.15, 0.2) is 106 Å². The number of aryl methyl sites for hydroxylation is 1. The van der Waals surface area contributed by atoms with Gasteiger partial charge in [-0.25, -0.2) is 9.78 Å². The zero-order valence-corrected chi connectivity index (χ0v) is 41.7. The lowest BCUT2D eigenvalue weighted by Crippen LogP contribution is -2.38. The number of hydrogen-bond donors (Lipinski definition) is 4. The Bertz CT molecular complexity index is 3040. The number of carbonyl (C=O) groups excluding carboxylic acids is 3. The zero-order chi connectivity index (χ0) is 52.0. The summed E-state index contributed by atoms with van der Waals surface area (Å²) in [6.07, 6.45) is -3.49. The number of rotatable bonds is 21. The van der Waals surface area contributed by atoms with E-state index in [1.54, 1.807) is 28.1 Å². The molecule has 8 rings (SSSR count). The number of H-pyrrole nitrogens is 2. The van der Waals surface area contributed by atoms with E-state index in [0.29, 0.717) is 11.5 Å². The molecular weight excluding hydrogens is 970 g/mol. The predicted octanol–water partition coefficient (Wildman–Crippen LogP) is 5.08. The van der Waals surface area contributed by atoms with Gasteiger partial charge in [0.15, 0.2) is 11.2 Å².